The van der Waals surface area contributed by atoms with E-state index >= 15 is 0 Å². The third-order valence-electron chi connectivity index (χ3n) is 3.10. The number of hydrogen-bond acceptors (Lipinski definition) is 5. The highest BCUT2D eigenvalue weighted by Crippen LogP contribution is 2.36. The second kappa shape index (κ2) is 7.66. The monoisotopic (exact) mass is 357 g/mol. The van der Waals surface area contributed by atoms with E-state index < -0.39 is 5.97 Å². The van der Waals surface area contributed by atoms with Crippen LogP contribution in [0.5, 0.6) is 11.5 Å². The second-order valence-electron chi connectivity index (χ2n) is 4.86. The molecule has 1 aliphatic rings. The SMILES string of the molecule is CCOC(=O)COc1c(Br)cc(CNC2CC2)cc1OC. The predicted molar refractivity (Wildman–Crippen MR) is 82.7 cm³/mol. The zero-order valence-electron chi connectivity index (χ0n) is 12.3. The molecule has 5 nitrogen and oxygen atoms in total. The van der Waals surface area contributed by atoms with Crippen LogP contribution in [0.15, 0.2) is 16.6 Å². The summed E-state index contributed by atoms with van der Waals surface area (Å²) in [5.74, 6) is 0.716. The molecule has 0 bridgehead atoms. The van der Waals surface area contributed by atoms with Gasteiger partial charge in [-0.15, -0.1) is 0 Å². The lowest BCUT2D eigenvalue weighted by molar-refractivity contribution is -0.145. The van der Waals surface area contributed by atoms with Gasteiger partial charge < -0.3 is 19.5 Å². The molecule has 1 N–H and O–H groups in total. The lowest BCUT2D eigenvalue weighted by Gasteiger charge is -2.14. The van der Waals surface area contributed by atoms with Gasteiger partial charge in [0.05, 0.1) is 18.2 Å². The van der Waals surface area contributed by atoms with E-state index in [2.05, 4.69) is 21.2 Å². The first kappa shape index (κ1) is 16.1. The molecule has 1 aliphatic carbocycles. The Bertz CT molecular complexity index is 503. The van der Waals surface area contributed by atoms with E-state index in [1.165, 1.54) is 12.8 Å². The first-order valence-corrected chi connectivity index (χ1v) is 7.81. The van der Waals surface area contributed by atoms with Crippen LogP contribution in [0, 0.1) is 0 Å². The van der Waals surface area contributed by atoms with E-state index in [0.717, 1.165) is 16.6 Å². The van der Waals surface area contributed by atoms with Gasteiger partial charge in [0.25, 0.3) is 0 Å². The van der Waals surface area contributed by atoms with Crippen molar-refractivity contribution in [3.63, 3.8) is 0 Å². The summed E-state index contributed by atoms with van der Waals surface area (Å²) in [6.07, 6.45) is 2.50. The Morgan fingerprint density at radius 3 is 2.81 bits per heavy atom. The molecule has 0 spiro atoms. The normalized spacial score (nSPS) is 13.9. The van der Waals surface area contributed by atoms with E-state index in [9.17, 15) is 4.79 Å². The molecule has 0 aromatic heterocycles. The fraction of sp³-hybridized carbons (Fsp3) is 0.533. The summed E-state index contributed by atoms with van der Waals surface area (Å²) in [6.45, 7) is 2.75. The number of hydrogen-bond donors (Lipinski definition) is 1. The fourth-order valence-electron chi connectivity index (χ4n) is 1.90. The van der Waals surface area contributed by atoms with E-state index in [1.807, 2.05) is 12.1 Å². The minimum atomic E-state index is -0.397. The molecule has 1 aromatic rings. The quantitative estimate of drug-likeness (QED) is 0.724. The molecule has 0 amide bonds. The molecule has 0 radical (unpaired) electrons. The summed E-state index contributed by atoms with van der Waals surface area (Å²) in [6, 6.07) is 4.54. The lowest BCUT2D eigenvalue weighted by Crippen LogP contribution is -2.16. The molecule has 0 saturated heterocycles. The van der Waals surface area contributed by atoms with Gasteiger partial charge in [-0.05, 0) is 53.4 Å². The van der Waals surface area contributed by atoms with Crippen molar-refractivity contribution in [3.8, 4) is 11.5 Å². The van der Waals surface area contributed by atoms with Crippen molar-refractivity contribution in [2.75, 3.05) is 20.3 Å². The van der Waals surface area contributed by atoms with Crippen LogP contribution in [0.2, 0.25) is 0 Å². The Morgan fingerprint density at radius 1 is 1.43 bits per heavy atom. The highest BCUT2D eigenvalue weighted by atomic mass is 79.9. The summed E-state index contributed by atoms with van der Waals surface area (Å²) in [7, 11) is 1.58. The van der Waals surface area contributed by atoms with Gasteiger partial charge in [0, 0.05) is 12.6 Å². The van der Waals surface area contributed by atoms with Crippen LogP contribution >= 0.6 is 15.9 Å². The Morgan fingerprint density at radius 2 is 2.19 bits per heavy atom. The molecule has 21 heavy (non-hydrogen) atoms. The largest absolute Gasteiger partial charge is 0.493 e. The molecular formula is C15H20BrNO4. The van der Waals surface area contributed by atoms with Gasteiger partial charge in [-0.25, -0.2) is 4.79 Å². The number of rotatable bonds is 8. The molecule has 116 valence electrons. The molecule has 0 unspecified atom stereocenters. The summed E-state index contributed by atoms with van der Waals surface area (Å²) in [5.41, 5.74) is 1.11. The third-order valence-corrected chi connectivity index (χ3v) is 3.69. The van der Waals surface area contributed by atoms with Crippen molar-refractivity contribution < 1.29 is 19.0 Å². The van der Waals surface area contributed by atoms with Crippen molar-refractivity contribution in [1.29, 1.82) is 0 Å². The highest BCUT2D eigenvalue weighted by molar-refractivity contribution is 9.10. The zero-order valence-corrected chi connectivity index (χ0v) is 13.9. The Kier molecular flexibility index (Phi) is 5.87. The second-order valence-corrected chi connectivity index (χ2v) is 5.71. The average Bonchev–Trinajstić information content (AvgIpc) is 3.27. The zero-order chi connectivity index (χ0) is 15.2. The fourth-order valence-corrected chi connectivity index (χ4v) is 2.50. The first-order valence-electron chi connectivity index (χ1n) is 7.02. The first-order chi connectivity index (χ1) is 10.1. The van der Waals surface area contributed by atoms with Crippen molar-refractivity contribution >= 4 is 21.9 Å². The maximum absolute atomic E-state index is 11.4. The molecule has 1 saturated carbocycles. The topological polar surface area (TPSA) is 56.8 Å². The highest BCUT2D eigenvalue weighted by Gasteiger charge is 2.21. The maximum atomic E-state index is 11.4. The van der Waals surface area contributed by atoms with Crippen molar-refractivity contribution in [3.05, 3.63) is 22.2 Å². The predicted octanol–water partition coefficient (Wildman–Crippen LogP) is 2.65. The lowest BCUT2D eigenvalue weighted by atomic mass is 10.2. The Labute approximate surface area is 133 Å². The van der Waals surface area contributed by atoms with Crippen LogP contribution in [-0.2, 0) is 16.1 Å². The number of carbonyl (C=O) groups excluding carboxylic acids is 1. The summed E-state index contributed by atoms with van der Waals surface area (Å²) >= 11 is 3.47. The number of ether oxygens (including phenoxy) is 3. The Balaban J connectivity index is 2.03. The van der Waals surface area contributed by atoms with Crippen LogP contribution in [0.4, 0.5) is 0 Å². The van der Waals surface area contributed by atoms with Crippen LogP contribution in [-0.4, -0.2) is 32.3 Å². The molecule has 0 atom stereocenters. The van der Waals surface area contributed by atoms with Crippen molar-refractivity contribution in [2.45, 2.75) is 32.4 Å². The molecule has 1 aromatic carbocycles. The number of carbonyl (C=O) groups is 1. The molecular weight excluding hydrogens is 338 g/mol. The number of esters is 1. The number of halogens is 1. The minimum absolute atomic E-state index is 0.136. The van der Waals surface area contributed by atoms with Gasteiger partial charge in [0.2, 0.25) is 0 Å². The molecule has 1 fully saturated rings. The number of methoxy groups -OCH3 is 1. The Hall–Kier alpha value is -1.27. The van der Waals surface area contributed by atoms with E-state index in [0.29, 0.717) is 24.1 Å². The van der Waals surface area contributed by atoms with Crippen LogP contribution in [0.1, 0.15) is 25.3 Å². The molecule has 6 heteroatoms. The van der Waals surface area contributed by atoms with Crippen LogP contribution < -0.4 is 14.8 Å². The maximum Gasteiger partial charge on any atom is 0.344 e. The standard InChI is InChI=1S/C15H20BrNO4/c1-3-20-14(18)9-21-15-12(16)6-10(7-13(15)19-2)8-17-11-4-5-11/h6-7,11,17H,3-5,8-9H2,1-2H3. The summed E-state index contributed by atoms with van der Waals surface area (Å²) in [4.78, 5) is 11.4. The van der Waals surface area contributed by atoms with E-state index in [-0.39, 0.29) is 6.61 Å². The van der Waals surface area contributed by atoms with Crippen molar-refractivity contribution in [2.24, 2.45) is 0 Å². The van der Waals surface area contributed by atoms with E-state index in [4.69, 9.17) is 14.2 Å². The third kappa shape index (κ3) is 4.89. The van der Waals surface area contributed by atoms with Gasteiger partial charge in [0.15, 0.2) is 18.1 Å². The molecule has 0 heterocycles. The molecule has 2 rings (SSSR count). The van der Waals surface area contributed by atoms with Gasteiger partial charge in [-0.1, -0.05) is 0 Å². The number of nitrogens with one attached hydrogen (secondary N) is 1. The average molecular weight is 358 g/mol. The summed E-state index contributed by atoms with van der Waals surface area (Å²) in [5, 5.41) is 3.45. The minimum Gasteiger partial charge on any atom is -0.493 e. The summed E-state index contributed by atoms with van der Waals surface area (Å²) < 4.78 is 16.5. The van der Waals surface area contributed by atoms with Gasteiger partial charge in [-0.3, -0.25) is 0 Å². The van der Waals surface area contributed by atoms with Gasteiger partial charge in [0.1, 0.15) is 0 Å². The smallest absolute Gasteiger partial charge is 0.344 e. The molecule has 0 aliphatic heterocycles. The number of benzene rings is 1. The van der Waals surface area contributed by atoms with Crippen LogP contribution in [0.3, 0.4) is 0 Å². The van der Waals surface area contributed by atoms with Gasteiger partial charge >= 0.3 is 5.97 Å². The van der Waals surface area contributed by atoms with Gasteiger partial charge in [-0.2, -0.15) is 0 Å². The van der Waals surface area contributed by atoms with Crippen LogP contribution in [0.25, 0.3) is 0 Å². The van der Waals surface area contributed by atoms with E-state index in [1.54, 1.807) is 14.0 Å². The van der Waals surface area contributed by atoms with Crippen molar-refractivity contribution in [1.82, 2.24) is 5.32 Å².